The van der Waals surface area contributed by atoms with Crippen molar-refractivity contribution < 1.29 is 9.53 Å². The summed E-state index contributed by atoms with van der Waals surface area (Å²) in [5.41, 5.74) is 3.84. The van der Waals surface area contributed by atoms with Gasteiger partial charge in [0.1, 0.15) is 25.5 Å². The molecule has 2 amide bonds. The first-order valence-electron chi connectivity index (χ1n) is 15.1. The highest BCUT2D eigenvalue weighted by Crippen LogP contribution is 2.34. The molecule has 45 heavy (non-hydrogen) atoms. The first kappa shape index (κ1) is 29.8. The fourth-order valence-corrected chi connectivity index (χ4v) is 6.28. The highest BCUT2D eigenvalue weighted by Gasteiger charge is 2.27. The van der Waals surface area contributed by atoms with Crippen LogP contribution < -0.4 is 20.7 Å². The standard InChI is InChI=1S/C36H36N6O2Si/c1-5-45(3,4)35-24-33(42(41-35)27-17-15-25(2)16-18-27)40-36(43)38-30-19-20-31(29-14-10-9-13-28(29)30)44-34-21-22-37-32(39-34)23-26-11-7-6-8-12-26/h6-22,24H,5,23H2,1-4H3,(H2,38,40,43). The van der Waals surface area contributed by atoms with E-state index in [1.54, 1.807) is 12.3 Å². The van der Waals surface area contributed by atoms with Crippen molar-refractivity contribution in [2.24, 2.45) is 0 Å². The maximum absolute atomic E-state index is 13.5. The van der Waals surface area contributed by atoms with Crippen molar-refractivity contribution in [3.8, 4) is 17.3 Å². The molecular weight excluding hydrogens is 577 g/mol. The topological polar surface area (TPSA) is 94.0 Å². The summed E-state index contributed by atoms with van der Waals surface area (Å²) in [7, 11) is -1.76. The first-order valence-corrected chi connectivity index (χ1v) is 18.3. The van der Waals surface area contributed by atoms with Crippen LogP contribution in [0.15, 0.2) is 109 Å². The van der Waals surface area contributed by atoms with Crippen LogP contribution in [0.25, 0.3) is 16.5 Å². The van der Waals surface area contributed by atoms with Crippen LogP contribution in [-0.2, 0) is 6.42 Å². The third-order valence-electron chi connectivity index (χ3n) is 8.04. The van der Waals surface area contributed by atoms with E-state index in [1.165, 1.54) is 0 Å². The number of hydrogen-bond donors (Lipinski definition) is 2. The molecule has 6 aromatic rings. The average Bonchev–Trinajstić information content (AvgIpc) is 3.47. The van der Waals surface area contributed by atoms with E-state index in [2.05, 4.69) is 59.7 Å². The largest absolute Gasteiger partial charge is 0.438 e. The van der Waals surface area contributed by atoms with Gasteiger partial charge in [-0.25, -0.2) is 14.5 Å². The van der Waals surface area contributed by atoms with Crippen LogP contribution in [-0.4, -0.2) is 33.9 Å². The molecular formula is C36H36N6O2Si. The molecule has 2 aromatic heterocycles. The second-order valence-electron chi connectivity index (χ2n) is 11.7. The number of ether oxygens (including phenoxy) is 1. The molecule has 4 aromatic carbocycles. The highest BCUT2D eigenvalue weighted by atomic mass is 28.3. The monoisotopic (exact) mass is 612 g/mol. The lowest BCUT2D eigenvalue weighted by molar-refractivity contribution is 0.262. The fraction of sp³-hybridized carbons (Fsp3) is 0.167. The molecule has 9 heteroatoms. The van der Waals surface area contributed by atoms with Crippen molar-refractivity contribution in [3.05, 3.63) is 126 Å². The lowest BCUT2D eigenvalue weighted by Gasteiger charge is -2.16. The van der Waals surface area contributed by atoms with Crippen molar-refractivity contribution in [3.63, 3.8) is 0 Å². The van der Waals surface area contributed by atoms with Crippen molar-refractivity contribution in [2.45, 2.75) is 39.4 Å². The second-order valence-corrected chi connectivity index (χ2v) is 16.7. The molecule has 2 heterocycles. The fourth-order valence-electron chi connectivity index (χ4n) is 5.02. The van der Waals surface area contributed by atoms with Crippen LogP contribution >= 0.6 is 0 Å². The summed E-state index contributed by atoms with van der Waals surface area (Å²) in [5, 5.41) is 13.8. The van der Waals surface area contributed by atoms with Crippen LogP contribution in [0, 0.1) is 6.92 Å². The number of hydrogen-bond acceptors (Lipinski definition) is 5. The van der Waals surface area contributed by atoms with Gasteiger partial charge in [0.05, 0.1) is 11.4 Å². The molecule has 0 bridgehead atoms. The van der Waals surface area contributed by atoms with E-state index in [9.17, 15) is 4.79 Å². The number of nitrogens with zero attached hydrogens (tertiary/aromatic N) is 4. The number of fused-ring (bicyclic) bond motifs is 1. The van der Waals surface area contributed by atoms with Crippen molar-refractivity contribution >= 4 is 41.7 Å². The van der Waals surface area contributed by atoms with E-state index in [-0.39, 0.29) is 6.03 Å². The minimum atomic E-state index is -1.76. The first-order chi connectivity index (χ1) is 21.8. The number of benzene rings is 4. The van der Waals surface area contributed by atoms with Crippen molar-refractivity contribution in [1.29, 1.82) is 0 Å². The van der Waals surface area contributed by atoms with Crippen molar-refractivity contribution in [2.75, 3.05) is 10.6 Å². The Labute approximate surface area is 264 Å². The molecule has 0 atom stereocenters. The van der Waals surface area contributed by atoms with Crippen LogP contribution in [0.5, 0.6) is 11.6 Å². The van der Waals surface area contributed by atoms with Gasteiger partial charge in [-0.15, -0.1) is 0 Å². The van der Waals surface area contributed by atoms with Gasteiger partial charge < -0.3 is 10.1 Å². The Morgan fingerprint density at radius 2 is 1.60 bits per heavy atom. The van der Waals surface area contributed by atoms with E-state index in [4.69, 9.17) is 9.84 Å². The van der Waals surface area contributed by atoms with Gasteiger partial charge in [0.2, 0.25) is 5.88 Å². The van der Waals surface area contributed by atoms with Gasteiger partial charge in [0, 0.05) is 34.8 Å². The normalized spacial score (nSPS) is 11.4. The van der Waals surface area contributed by atoms with E-state index < -0.39 is 8.07 Å². The Kier molecular flexibility index (Phi) is 8.44. The summed E-state index contributed by atoms with van der Waals surface area (Å²) in [6, 6.07) is 34.2. The van der Waals surface area contributed by atoms with E-state index in [0.29, 0.717) is 35.4 Å². The Hall–Kier alpha value is -5.28. The molecule has 6 rings (SSSR count). The summed E-state index contributed by atoms with van der Waals surface area (Å²) in [4.78, 5) is 22.5. The number of amides is 2. The molecule has 0 spiro atoms. The number of aromatic nitrogens is 4. The SMILES string of the molecule is CC[Si](C)(C)c1cc(NC(=O)Nc2ccc(Oc3ccnc(Cc4ccccc4)n3)c3ccccc23)n(-c2ccc(C)cc2)n1. The van der Waals surface area contributed by atoms with Gasteiger partial charge in [0.25, 0.3) is 0 Å². The number of anilines is 2. The summed E-state index contributed by atoms with van der Waals surface area (Å²) >= 11 is 0. The molecule has 8 nitrogen and oxygen atoms in total. The van der Waals surface area contributed by atoms with Gasteiger partial charge in [-0.3, -0.25) is 5.32 Å². The molecule has 2 N–H and O–H groups in total. The van der Waals surface area contributed by atoms with E-state index >= 15 is 0 Å². The highest BCUT2D eigenvalue weighted by molar-refractivity contribution is 6.89. The maximum atomic E-state index is 13.5. The molecule has 226 valence electrons. The molecule has 0 aliphatic rings. The second kappa shape index (κ2) is 12.8. The number of nitrogens with one attached hydrogen (secondary N) is 2. The zero-order chi connectivity index (χ0) is 31.4. The van der Waals surface area contributed by atoms with Crippen LogP contribution in [0.2, 0.25) is 19.1 Å². The van der Waals surface area contributed by atoms with Crippen molar-refractivity contribution in [1.82, 2.24) is 19.7 Å². The quantitative estimate of drug-likeness (QED) is 0.161. The minimum absolute atomic E-state index is 0.356. The zero-order valence-corrected chi connectivity index (χ0v) is 26.9. The smallest absolute Gasteiger partial charge is 0.324 e. The third kappa shape index (κ3) is 6.78. The number of carbonyl (C=O) groups is 1. The minimum Gasteiger partial charge on any atom is -0.438 e. The summed E-state index contributed by atoms with van der Waals surface area (Å²) in [5.74, 6) is 2.39. The van der Waals surface area contributed by atoms with E-state index in [0.717, 1.165) is 38.9 Å². The van der Waals surface area contributed by atoms with Crippen LogP contribution in [0.1, 0.15) is 23.9 Å². The van der Waals surface area contributed by atoms with E-state index in [1.807, 2.05) is 89.6 Å². The average molecular weight is 613 g/mol. The maximum Gasteiger partial charge on any atom is 0.324 e. The lowest BCUT2D eigenvalue weighted by Crippen LogP contribution is -2.41. The summed E-state index contributed by atoms with van der Waals surface area (Å²) in [6.07, 6.45) is 2.32. The van der Waals surface area contributed by atoms with Gasteiger partial charge in [-0.2, -0.15) is 10.1 Å². The number of rotatable bonds is 9. The Balaban J connectivity index is 1.24. The van der Waals surface area contributed by atoms with Gasteiger partial charge in [-0.05, 0) is 42.8 Å². The molecule has 0 saturated carbocycles. The molecule has 0 fully saturated rings. The predicted octanol–water partition coefficient (Wildman–Crippen LogP) is 8.09. The zero-order valence-electron chi connectivity index (χ0n) is 25.9. The lowest BCUT2D eigenvalue weighted by atomic mass is 10.1. The predicted molar refractivity (Wildman–Crippen MR) is 184 cm³/mol. The Morgan fingerprint density at radius 1 is 0.867 bits per heavy atom. The third-order valence-corrected chi connectivity index (χ3v) is 11.4. The van der Waals surface area contributed by atoms with Gasteiger partial charge >= 0.3 is 6.03 Å². The number of carbonyl (C=O) groups excluding carboxylic acids is 1. The molecule has 0 aliphatic carbocycles. The van der Waals surface area contributed by atoms with Crippen LogP contribution in [0.3, 0.4) is 0 Å². The number of aryl methyl sites for hydroxylation is 1. The summed E-state index contributed by atoms with van der Waals surface area (Å²) < 4.78 is 8.08. The number of urea groups is 1. The summed E-state index contributed by atoms with van der Waals surface area (Å²) in [6.45, 7) is 8.83. The van der Waals surface area contributed by atoms with Gasteiger partial charge in [-0.1, -0.05) is 98.4 Å². The van der Waals surface area contributed by atoms with Gasteiger partial charge in [0.15, 0.2) is 0 Å². The molecule has 0 radical (unpaired) electrons. The molecule has 0 saturated heterocycles. The molecule has 0 aliphatic heterocycles. The molecule has 0 unspecified atom stereocenters. The van der Waals surface area contributed by atoms with Crippen LogP contribution in [0.4, 0.5) is 16.3 Å². The Bertz CT molecular complexity index is 1950. The Morgan fingerprint density at radius 3 is 2.36 bits per heavy atom.